The van der Waals surface area contributed by atoms with E-state index in [0.29, 0.717) is 18.9 Å². The molecule has 4 nitrogen and oxygen atoms in total. The van der Waals surface area contributed by atoms with Crippen LogP contribution in [0.5, 0.6) is 11.5 Å². The molecule has 0 saturated heterocycles. The maximum absolute atomic E-state index is 10.0. The Morgan fingerprint density at radius 3 is 2.29 bits per heavy atom. The molecule has 0 aliphatic carbocycles. The van der Waals surface area contributed by atoms with E-state index in [1.54, 1.807) is 20.3 Å². The zero-order valence-electron chi connectivity index (χ0n) is 12.4. The number of methoxy groups -OCH3 is 2. The zero-order chi connectivity index (χ0) is 15.1. The van der Waals surface area contributed by atoms with Gasteiger partial charge in [0, 0.05) is 25.8 Å². The van der Waals surface area contributed by atoms with Crippen LogP contribution in [-0.2, 0) is 24.4 Å². The molecule has 0 bridgehead atoms. The molecule has 2 aromatic carbocycles. The van der Waals surface area contributed by atoms with E-state index in [1.807, 2.05) is 24.3 Å². The van der Waals surface area contributed by atoms with Gasteiger partial charge in [-0.3, -0.25) is 0 Å². The van der Waals surface area contributed by atoms with Crippen LogP contribution in [0.3, 0.4) is 0 Å². The predicted molar refractivity (Wildman–Crippen MR) is 82.4 cm³/mol. The zero-order valence-corrected chi connectivity index (χ0v) is 12.4. The van der Waals surface area contributed by atoms with Gasteiger partial charge in [-0.25, -0.2) is 0 Å². The van der Waals surface area contributed by atoms with Crippen molar-refractivity contribution in [1.29, 1.82) is 0 Å². The standard InChI is InChI=1S/C17H21NO3/c1-20-12-15-7-4-3-6-13(15)10-18-11-14-8-5-9-16(21-2)17(14)19/h3-9,18-19H,10-12H2,1-2H3. The first-order valence-electron chi connectivity index (χ1n) is 6.87. The van der Waals surface area contributed by atoms with E-state index in [9.17, 15) is 5.11 Å². The second-order valence-electron chi connectivity index (χ2n) is 4.77. The average Bonchev–Trinajstić information content (AvgIpc) is 2.51. The van der Waals surface area contributed by atoms with E-state index >= 15 is 0 Å². The first kappa shape index (κ1) is 15.4. The number of phenols is 1. The summed E-state index contributed by atoms with van der Waals surface area (Å²) in [6.07, 6.45) is 0. The third-order valence-corrected chi connectivity index (χ3v) is 3.35. The van der Waals surface area contributed by atoms with Crippen molar-refractivity contribution in [1.82, 2.24) is 5.32 Å². The van der Waals surface area contributed by atoms with Gasteiger partial charge in [-0.2, -0.15) is 0 Å². The SMILES string of the molecule is COCc1ccccc1CNCc1cccc(OC)c1O. The number of nitrogens with one attached hydrogen (secondary N) is 1. The Balaban J connectivity index is 1.99. The molecule has 0 atom stereocenters. The first-order chi connectivity index (χ1) is 10.3. The molecule has 0 amide bonds. The second kappa shape index (κ2) is 7.67. The molecule has 2 aromatic rings. The number of ether oxygens (including phenoxy) is 2. The van der Waals surface area contributed by atoms with Crippen molar-refractivity contribution >= 4 is 0 Å². The molecule has 0 aromatic heterocycles. The molecule has 0 spiro atoms. The van der Waals surface area contributed by atoms with Crippen LogP contribution >= 0.6 is 0 Å². The Hall–Kier alpha value is -2.04. The van der Waals surface area contributed by atoms with Crippen LogP contribution < -0.4 is 10.1 Å². The average molecular weight is 287 g/mol. The molecule has 0 aliphatic heterocycles. The highest BCUT2D eigenvalue weighted by Crippen LogP contribution is 2.29. The lowest BCUT2D eigenvalue weighted by molar-refractivity contribution is 0.184. The fraction of sp³-hybridized carbons (Fsp3) is 0.294. The maximum Gasteiger partial charge on any atom is 0.162 e. The van der Waals surface area contributed by atoms with Crippen LogP contribution in [-0.4, -0.2) is 19.3 Å². The molecule has 4 heteroatoms. The molecule has 0 saturated carbocycles. The molecule has 0 heterocycles. The number of hydrogen-bond donors (Lipinski definition) is 2. The minimum atomic E-state index is 0.192. The Kier molecular flexibility index (Phi) is 5.60. The van der Waals surface area contributed by atoms with Gasteiger partial charge in [0.2, 0.25) is 0 Å². The Morgan fingerprint density at radius 1 is 0.905 bits per heavy atom. The Bertz CT molecular complexity index is 584. The summed E-state index contributed by atoms with van der Waals surface area (Å²) in [4.78, 5) is 0. The van der Waals surface area contributed by atoms with E-state index in [0.717, 1.165) is 12.1 Å². The summed E-state index contributed by atoms with van der Waals surface area (Å²) in [6.45, 7) is 1.89. The van der Waals surface area contributed by atoms with Crippen molar-refractivity contribution < 1.29 is 14.6 Å². The van der Waals surface area contributed by atoms with Gasteiger partial charge >= 0.3 is 0 Å². The summed E-state index contributed by atoms with van der Waals surface area (Å²) in [5, 5.41) is 13.4. The number of para-hydroxylation sites is 1. The molecule has 21 heavy (non-hydrogen) atoms. The van der Waals surface area contributed by atoms with Gasteiger partial charge < -0.3 is 19.9 Å². The Morgan fingerprint density at radius 2 is 1.57 bits per heavy atom. The quantitative estimate of drug-likeness (QED) is 0.822. The van der Waals surface area contributed by atoms with Crippen molar-refractivity contribution in [3.63, 3.8) is 0 Å². The molecular formula is C17H21NO3. The van der Waals surface area contributed by atoms with Crippen molar-refractivity contribution in [2.45, 2.75) is 19.7 Å². The van der Waals surface area contributed by atoms with Crippen molar-refractivity contribution in [3.8, 4) is 11.5 Å². The van der Waals surface area contributed by atoms with E-state index in [-0.39, 0.29) is 5.75 Å². The van der Waals surface area contributed by atoms with E-state index < -0.39 is 0 Å². The second-order valence-corrected chi connectivity index (χ2v) is 4.77. The van der Waals surface area contributed by atoms with Crippen LogP contribution in [0.1, 0.15) is 16.7 Å². The number of rotatable bonds is 7. The highest BCUT2D eigenvalue weighted by Gasteiger charge is 2.07. The van der Waals surface area contributed by atoms with Crippen LogP contribution in [0.2, 0.25) is 0 Å². The highest BCUT2D eigenvalue weighted by molar-refractivity contribution is 5.45. The number of aromatic hydroxyl groups is 1. The molecule has 0 radical (unpaired) electrons. The van der Waals surface area contributed by atoms with Crippen LogP contribution in [0.15, 0.2) is 42.5 Å². The normalized spacial score (nSPS) is 10.6. The molecule has 2 rings (SSSR count). The summed E-state index contributed by atoms with van der Waals surface area (Å²) in [5.74, 6) is 0.687. The third-order valence-electron chi connectivity index (χ3n) is 3.35. The van der Waals surface area contributed by atoms with Crippen molar-refractivity contribution in [3.05, 3.63) is 59.2 Å². The molecule has 112 valence electrons. The van der Waals surface area contributed by atoms with Gasteiger partial charge in [0.1, 0.15) is 0 Å². The fourth-order valence-corrected chi connectivity index (χ4v) is 2.23. The van der Waals surface area contributed by atoms with Gasteiger partial charge in [-0.15, -0.1) is 0 Å². The summed E-state index contributed by atoms with van der Waals surface area (Å²) >= 11 is 0. The minimum Gasteiger partial charge on any atom is -0.504 e. The van der Waals surface area contributed by atoms with E-state index in [1.165, 1.54) is 11.1 Å². The summed E-state index contributed by atoms with van der Waals surface area (Å²) in [6, 6.07) is 13.6. The lowest BCUT2D eigenvalue weighted by atomic mass is 10.1. The molecule has 0 unspecified atom stereocenters. The number of benzene rings is 2. The van der Waals surface area contributed by atoms with Gasteiger partial charge in [0.25, 0.3) is 0 Å². The van der Waals surface area contributed by atoms with Crippen LogP contribution in [0, 0.1) is 0 Å². The van der Waals surface area contributed by atoms with Gasteiger partial charge in [0.05, 0.1) is 13.7 Å². The summed E-state index contributed by atoms with van der Waals surface area (Å²) in [7, 11) is 3.24. The summed E-state index contributed by atoms with van der Waals surface area (Å²) in [5.41, 5.74) is 3.18. The predicted octanol–water partition coefficient (Wildman–Crippen LogP) is 2.84. The molecule has 0 aliphatic rings. The first-order valence-corrected chi connectivity index (χ1v) is 6.87. The maximum atomic E-state index is 10.0. The fourth-order valence-electron chi connectivity index (χ4n) is 2.23. The van der Waals surface area contributed by atoms with Crippen LogP contribution in [0.4, 0.5) is 0 Å². The highest BCUT2D eigenvalue weighted by atomic mass is 16.5. The Labute approximate surface area is 125 Å². The topological polar surface area (TPSA) is 50.7 Å². The lowest BCUT2D eigenvalue weighted by Crippen LogP contribution is -2.14. The van der Waals surface area contributed by atoms with Crippen molar-refractivity contribution in [2.24, 2.45) is 0 Å². The molecule has 2 N–H and O–H groups in total. The molecule has 0 fully saturated rings. The minimum absolute atomic E-state index is 0.192. The van der Waals surface area contributed by atoms with Gasteiger partial charge in [0.15, 0.2) is 11.5 Å². The van der Waals surface area contributed by atoms with Gasteiger partial charge in [-0.1, -0.05) is 36.4 Å². The number of hydrogen-bond acceptors (Lipinski definition) is 4. The van der Waals surface area contributed by atoms with Crippen LogP contribution in [0.25, 0.3) is 0 Å². The smallest absolute Gasteiger partial charge is 0.162 e. The molecular weight excluding hydrogens is 266 g/mol. The number of phenolic OH excluding ortho intramolecular Hbond substituents is 1. The monoisotopic (exact) mass is 287 g/mol. The van der Waals surface area contributed by atoms with E-state index in [2.05, 4.69) is 17.4 Å². The van der Waals surface area contributed by atoms with E-state index in [4.69, 9.17) is 9.47 Å². The lowest BCUT2D eigenvalue weighted by Gasteiger charge is -2.12. The summed E-state index contributed by atoms with van der Waals surface area (Å²) < 4.78 is 10.3. The third kappa shape index (κ3) is 3.97. The van der Waals surface area contributed by atoms with Gasteiger partial charge in [-0.05, 0) is 17.2 Å². The van der Waals surface area contributed by atoms with Crippen molar-refractivity contribution in [2.75, 3.05) is 14.2 Å². The largest absolute Gasteiger partial charge is 0.504 e.